The summed E-state index contributed by atoms with van der Waals surface area (Å²) in [5.74, 6) is 0.594. The van der Waals surface area contributed by atoms with E-state index in [-0.39, 0.29) is 10.8 Å². The molecule has 0 aliphatic rings. The van der Waals surface area contributed by atoms with Crippen LogP contribution >= 0.6 is 11.6 Å². The summed E-state index contributed by atoms with van der Waals surface area (Å²) in [7, 11) is 0. The van der Waals surface area contributed by atoms with Gasteiger partial charge in [-0.2, -0.15) is 4.98 Å². The van der Waals surface area contributed by atoms with Gasteiger partial charge in [-0.3, -0.25) is 14.3 Å². The van der Waals surface area contributed by atoms with Gasteiger partial charge in [0.15, 0.2) is 5.82 Å². The van der Waals surface area contributed by atoms with E-state index in [1.807, 2.05) is 31.2 Å². The molecule has 0 spiro atoms. The topological polar surface area (TPSA) is 98.5 Å². The van der Waals surface area contributed by atoms with Crippen LogP contribution in [0.25, 0.3) is 38.6 Å². The van der Waals surface area contributed by atoms with E-state index in [1.165, 1.54) is 16.7 Å². The number of anilines is 1. The lowest BCUT2D eigenvalue weighted by atomic mass is 9.99. The molecule has 1 unspecified atom stereocenters. The van der Waals surface area contributed by atoms with Gasteiger partial charge < -0.3 is 5.32 Å². The number of hydrogen-bond acceptors (Lipinski definition) is 7. The Balaban J connectivity index is 1.58. The minimum Gasteiger partial charge on any atom is -0.360 e. The van der Waals surface area contributed by atoms with Gasteiger partial charge in [-0.1, -0.05) is 24.3 Å². The molecule has 4 heterocycles. The van der Waals surface area contributed by atoms with Crippen LogP contribution in [-0.4, -0.2) is 29.5 Å². The van der Waals surface area contributed by atoms with Crippen molar-refractivity contribution in [1.29, 1.82) is 0 Å². The first kappa shape index (κ1) is 24.6. The molecular formula is C29H21ClFN7O. The van der Waals surface area contributed by atoms with Gasteiger partial charge in [0.25, 0.3) is 5.56 Å². The molecule has 0 saturated carbocycles. The van der Waals surface area contributed by atoms with Crippen LogP contribution in [0.3, 0.4) is 0 Å². The van der Waals surface area contributed by atoms with E-state index in [9.17, 15) is 9.18 Å². The Morgan fingerprint density at radius 3 is 2.56 bits per heavy atom. The van der Waals surface area contributed by atoms with Gasteiger partial charge in [0, 0.05) is 29.8 Å². The van der Waals surface area contributed by atoms with E-state index in [1.54, 1.807) is 49.8 Å². The fourth-order valence-electron chi connectivity index (χ4n) is 4.67. The second kappa shape index (κ2) is 9.85. The quantitative estimate of drug-likeness (QED) is 0.267. The third-order valence-electron chi connectivity index (χ3n) is 6.46. The highest BCUT2D eigenvalue weighted by Crippen LogP contribution is 2.31. The number of aromatic nitrogens is 6. The summed E-state index contributed by atoms with van der Waals surface area (Å²) in [5, 5.41) is 4.60. The Bertz CT molecular complexity index is 1920. The van der Waals surface area contributed by atoms with Crippen molar-refractivity contribution < 1.29 is 4.39 Å². The molecule has 0 radical (unpaired) electrons. The maximum Gasteiger partial charge on any atom is 0.263 e. The van der Waals surface area contributed by atoms with Crippen molar-refractivity contribution in [3.05, 3.63) is 112 Å². The number of fused-ring (bicyclic) bond motifs is 2. The Hall–Kier alpha value is -4.76. The molecule has 10 heteroatoms. The largest absolute Gasteiger partial charge is 0.360 e. The van der Waals surface area contributed by atoms with Crippen LogP contribution in [0, 0.1) is 12.7 Å². The zero-order chi connectivity index (χ0) is 27.1. The van der Waals surface area contributed by atoms with Crippen molar-refractivity contribution in [1.82, 2.24) is 29.5 Å². The summed E-state index contributed by atoms with van der Waals surface area (Å²) < 4.78 is 15.9. The Morgan fingerprint density at radius 1 is 0.974 bits per heavy atom. The smallest absolute Gasteiger partial charge is 0.263 e. The average Bonchev–Trinajstić information content (AvgIpc) is 2.93. The molecule has 1 atom stereocenters. The van der Waals surface area contributed by atoms with Gasteiger partial charge in [-0.05, 0) is 72.8 Å². The molecule has 0 aliphatic carbocycles. The lowest BCUT2D eigenvalue weighted by Gasteiger charge is -2.22. The van der Waals surface area contributed by atoms with Crippen LogP contribution in [0.5, 0.6) is 0 Å². The molecule has 0 bridgehead atoms. The normalized spacial score (nSPS) is 12.1. The highest BCUT2D eigenvalue weighted by Gasteiger charge is 2.21. The van der Waals surface area contributed by atoms with Crippen molar-refractivity contribution in [3.63, 3.8) is 0 Å². The van der Waals surface area contributed by atoms with Crippen LogP contribution in [0.4, 0.5) is 10.2 Å². The van der Waals surface area contributed by atoms with Crippen LogP contribution in [-0.2, 0) is 0 Å². The molecule has 4 aromatic heterocycles. The van der Waals surface area contributed by atoms with Gasteiger partial charge in [-0.25, -0.2) is 19.3 Å². The summed E-state index contributed by atoms with van der Waals surface area (Å²) in [6.45, 7) is 3.69. The van der Waals surface area contributed by atoms with E-state index >= 15 is 0 Å². The van der Waals surface area contributed by atoms with E-state index in [0.29, 0.717) is 50.6 Å². The first-order chi connectivity index (χ1) is 18.9. The van der Waals surface area contributed by atoms with Gasteiger partial charge >= 0.3 is 0 Å². The Kier molecular flexibility index (Phi) is 6.20. The maximum atomic E-state index is 14.4. The van der Waals surface area contributed by atoms with Gasteiger partial charge in [0.05, 0.1) is 22.6 Å². The molecule has 39 heavy (non-hydrogen) atoms. The number of hydrogen-bond donors (Lipinski definition) is 1. The van der Waals surface area contributed by atoms with Crippen LogP contribution in [0.2, 0.25) is 5.28 Å². The zero-order valence-corrected chi connectivity index (χ0v) is 21.7. The molecule has 2 aromatic carbocycles. The summed E-state index contributed by atoms with van der Waals surface area (Å²) in [6, 6.07) is 16.6. The molecule has 0 saturated heterocycles. The number of nitrogens with one attached hydrogen (secondary N) is 1. The predicted octanol–water partition coefficient (Wildman–Crippen LogP) is 6.06. The predicted molar refractivity (Wildman–Crippen MR) is 150 cm³/mol. The molecule has 0 aliphatic heterocycles. The van der Waals surface area contributed by atoms with Crippen molar-refractivity contribution in [2.75, 3.05) is 5.32 Å². The summed E-state index contributed by atoms with van der Waals surface area (Å²) in [5.41, 5.74) is 3.20. The lowest BCUT2D eigenvalue weighted by Crippen LogP contribution is -2.26. The van der Waals surface area contributed by atoms with E-state index in [0.717, 1.165) is 5.39 Å². The number of halogens is 2. The van der Waals surface area contributed by atoms with Crippen LogP contribution in [0.15, 0.2) is 84.0 Å². The molecule has 6 rings (SSSR count). The Morgan fingerprint density at radius 2 is 1.77 bits per heavy atom. The van der Waals surface area contributed by atoms with Gasteiger partial charge in [-0.15, -0.1) is 0 Å². The standard InChI is InChI=1S/C29H21ClFN7O/c1-16(35-27-26-23(10-5-11-32-26)36-29(30)37-27)24-12-18-6-3-9-22(19-14-33-17(2)34-15-19)25(18)28(39)38(24)21-8-4-7-20(31)13-21/h3-16H,1-2H3,(H,35,36,37). The second-order valence-electron chi connectivity index (χ2n) is 9.06. The van der Waals surface area contributed by atoms with E-state index in [4.69, 9.17) is 11.6 Å². The van der Waals surface area contributed by atoms with Gasteiger partial charge in [0.2, 0.25) is 5.28 Å². The number of pyridine rings is 2. The van der Waals surface area contributed by atoms with Crippen molar-refractivity contribution in [2.45, 2.75) is 19.9 Å². The molecule has 6 aromatic rings. The molecule has 8 nitrogen and oxygen atoms in total. The minimum atomic E-state index is -0.465. The van der Waals surface area contributed by atoms with E-state index < -0.39 is 11.9 Å². The molecule has 1 N–H and O–H groups in total. The van der Waals surface area contributed by atoms with Crippen LogP contribution in [0.1, 0.15) is 24.5 Å². The average molecular weight is 538 g/mol. The monoisotopic (exact) mass is 537 g/mol. The second-order valence-corrected chi connectivity index (χ2v) is 9.39. The number of benzene rings is 2. The van der Waals surface area contributed by atoms with Crippen molar-refractivity contribution >= 4 is 39.2 Å². The van der Waals surface area contributed by atoms with E-state index in [2.05, 4.69) is 30.2 Å². The maximum absolute atomic E-state index is 14.4. The number of rotatable bonds is 5. The van der Waals surface area contributed by atoms with Gasteiger partial charge in [0.1, 0.15) is 17.2 Å². The number of aryl methyl sites for hydroxylation is 1. The summed E-state index contributed by atoms with van der Waals surface area (Å²) >= 11 is 6.19. The van der Waals surface area contributed by atoms with Crippen molar-refractivity contribution in [3.8, 4) is 16.8 Å². The highest BCUT2D eigenvalue weighted by atomic mass is 35.5. The fraction of sp³-hybridized carbons (Fsp3) is 0.103. The zero-order valence-electron chi connectivity index (χ0n) is 20.9. The van der Waals surface area contributed by atoms with Crippen molar-refractivity contribution in [2.24, 2.45) is 0 Å². The highest BCUT2D eigenvalue weighted by molar-refractivity contribution is 6.28. The fourth-order valence-corrected chi connectivity index (χ4v) is 4.85. The molecular weight excluding hydrogens is 517 g/mol. The first-order valence-corrected chi connectivity index (χ1v) is 12.6. The SMILES string of the molecule is Cc1ncc(-c2cccc3cc(C(C)Nc4nc(Cl)nc5cccnc45)n(-c4cccc(F)c4)c(=O)c23)cn1. The first-order valence-electron chi connectivity index (χ1n) is 12.2. The summed E-state index contributed by atoms with van der Waals surface area (Å²) in [6.07, 6.45) is 5.03. The van der Waals surface area contributed by atoms with Crippen LogP contribution < -0.4 is 10.9 Å². The molecule has 192 valence electrons. The Labute approximate surface area is 227 Å². The minimum absolute atomic E-state index is 0.0659. The third-order valence-corrected chi connectivity index (χ3v) is 6.63. The molecule has 0 amide bonds. The third kappa shape index (κ3) is 4.57. The summed E-state index contributed by atoms with van der Waals surface area (Å²) in [4.78, 5) is 35.8. The number of nitrogens with zero attached hydrogens (tertiary/aromatic N) is 6. The molecule has 0 fully saturated rings. The lowest BCUT2D eigenvalue weighted by molar-refractivity contribution is 0.625.